The van der Waals surface area contributed by atoms with Gasteiger partial charge in [-0.2, -0.15) is 0 Å². The molecule has 0 fully saturated rings. The summed E-state index contributed by atoms with van der Waals surface area (Å²) in [5, 5.41) is 0. The summed E-state index contributed by atoms with van der Waals surface area (Å²) in [5.41, 5.74) is 10.2. The predicted molar refractivity (Wildman–Crippen MR) is 108 cm³/mol. The van der Waals surface area contributed by atoms with Crippen molar-refractivity contribution >= 4 is 23.1 Å². The van der Waals surface area contributed by atoms with Crippen LogP contribution in [0.4, 0.5) is 0 Å². The van der Waals surface area contributed by atoms with E-state index < -0.39 is 20.8 Å². The monoisotopic (exact) mass is 454 g/mol. The van der Waals surface area contributed by atoms with Gasteiger partial charge in [-0.25, -0.2) is 0 Å². The second-order valence-electron chi connectivity index (χ2n) is 6.65. The van der Waals surface area contributed by atoms with Gasteiger partial charge in [-0.15, -0.1) is 0 Å². The Morgan fingerprint density at radius 2 is 1.58 bits per heavy atom. The third-order valence-corrected chi connectivity index (χ3v) is 5.29. The molecule has 0 saturated carbocycles. The van der Waals surface area contributed by atoms with E-state index >= 15 is 0 Å². The van der Waals surface area contributed by atoms with Crippen LogP contribution in [0.5, 0.6) is 0 Å². The Hall–Kier alpha value is -1.14. The van der Waals surface area contributed by atoms with Gasteiger partial charge in [0.2, 0.25) is 0 Å². The van der Waals surface area contributed by atoms with E-state index in [2.05, 4.69) is 78.9 Å². The van der Waals surface area contributed by atoms with Gasteiger partial charge in [-0.3, -0.25) is 0 Å². The van der Waals surface area contributed by atoms with Crippen LogP contribution in [-0.2, 0) is 33.7 Å². The van der Waals surface area contributed by atoms with Gasteiger partial charge in [0, 0.05) is 5.92 Å². The Morgan fingerprint density at radius 1 is 0.846 bits per heavy atom. The first-order valence-corrected chi connectivity index (χ1v) is 15.1. The summed E-state index contributed by atoms with van der Waals surface area (Å²) in [4.78, 5) is 0. The predicted octanol–water partition coefficient (Wildman–Crippen LogP) is 6.99. The molecule has 0 nitrogen and oxygen atoms in total. The number of fused-ring (bicyclic) bond motifs is 4. The molecule has 1 atom stereocenters. The molecule has 5 rings (SSSR count). The number of halogens is 2. The quantitative estimate of drug-likeness (QED) is 0.305. The standard InChI is InChI=1S/C23H18.2ClH.Zr/c1-3-9-20-16(6-1)12-13-19(20)14-17-8-5-11-22-21-10-4-2-7-18(21)15-23(17)22;;;/h1-13,19H,14-15H2;2*1H;/q;;;+2/p-2. The maximum absolute atomic E-state index is 4.93. The minimum absolute atomic E-state index is 0.515. The first kappa shape index (κ1) is 18.2. The average Bonchev–Trinajstić information content (AvgIpc) is 3.25. The van der Waals surface area contributed by atoms with Gasteiger partial charge < -0.3 is 0 Å². The van der Waals surface area contributed by atoms with Gasteiger partial charge in [0.05, 0.1) is 0 Å². The second-order valence-corrected chi connectivity index (χ2v) is 10.4. The van der Waals surface area contributed by atoms with E-state index in [9.17, 15) is 0 Å². The molecule has 0 radical (unpaired) electrons. The topological polar surface area (TPSA) is 0 Å². The van der Waals surface area contributed by atoms with E-state index in [1.54, 1.807) is 0 Å². The SMILES string of the molecule is C1=CC(Cc2cccc3c2Cc2ccccc2-3)c2ccccc21.[Cl][Zr][Cl]. The Morgan fingerprint density at radius 3 is 2.46 bits per heavy atom. The molecule has 0 amide bonds. The van der Waals surface area contributed by atoms with Crippen molar-refractivity contribution in [2.75, 3.05) is 0 Å². The number of hydrogen-bond acceptors (Lipinski definition) is 0. The van der Waals surface area contributed by atoms with E-state index in [-0.39, 0.29) is 0 Å². The maximum atomic E-state index is 4.93. The van der Waals surface area contributed by atoms with E-state index in [0.717, 1.165) is 12.8 Å². The van der Waals surface area contributed by atoms with Crippen LogP contribution in [0.1, 0.15) is 33.7 Å². The first-order chi connectivity index (χ1) is 12.8. The summed E-state index contributed by atoms with van der Waals surface area (Å²) < 4.78 is 0. The third kappa shape index (κ3) is 3.50. The molecule has 0 aromatic heterocycles. The van der Waals surface area contributed by atoms with Crippen molar-refractivity contribution in [2.45, 2.75) is 18.8 Å². The number of allylic oxidation sites excluding steroid dienone is 1. The Kier molecular flexibility index (Phi) is 5.79. The van der Waals surface area contributed by atoms with Crippen LogP contribution in [0, 0.1) is 0 Å². The van der Waals surface area contributed by atoms with Crippen molar-refractivity contribution in [3.8, 4) is 11.1 Å². The Balaban J connectivity index is 0.000000527. The first-order valence-electron chi connectivity index (χ1n) is 8.74. The fraction of sp³-hybridized carbons (Fsp3) is 0.130. The summed E-state index contributed by atoms with van der Waals surface area (Å²) in [6.07, 6.45) is 6.83. The second kappa shape index (κ2) is 8.26. The van der Waals surface area contributed by atoms with Gasteiger partial charge in [-0.1, -0.05) is 78.9 Å². The molecule has 3 aromatic carbocycles. The average molecular weight is 457 g/mol. The Labute approximate surface area is 173 Å². The normalized spacial score (nSPS) is 15.5. The summed E-state index contributed by atoms with van der Waals surface area (Å²) in [5.74, 6) is 0.515. The summed E-state index contributed by atoms with van der Waals surface area (Å²) >= 11 is -0.826. The molecule has 2 aliphatic carbocycles. The van der Waals surface area contributed by atoms with Crippen LogP contribution >= 0.6 is 17.0 Å². The minimum atomic E-state index is -0.826. The van der Waals surface area contributed by atoms with Gasteiger partial charge in [0.25, 0.3) is 0 Å². The molecule has 0 bridgehead atoms. The molecule has 1 unspecified atom stereocenters. The molecule has 26 heavy (non-hydrogen) atoms. The zero-order valence-electron chi connectivity index (χ0n) is 14.3. The molecule has 0 aliphatic heterocycles. The number of hydrogen-bond donors (Lipinski definition) is 0. The molecular weight excluding hydrogens is 438 g/mol. The zero-order valence-corrected chi connectivity index (χ0v) is 18.2. The molecule has 3 aromatic rings. The van der Waals surface area contributed by atoms with Gasteiger partial charge >= 0.3 is 37.9 Å². The van der Waals surface area contributed by atoms with Crippen LogP contribution in [0.15, 0.2) is 72.8 Å². The fourth-order valence-electron chi connectivity index (χ4n) is 4.15. The van der Waals surface area contributed by atoms with Gasteiger partial charge in [0.1, 0.15) is 0 Å². The van der Waals surface area contributed by atoms with Crippen LogP contribution in [-0.4, -0.2) is 0 Å². The van der Waals surface area contributed by atoms with Crippen molar-refractivity contribution in [3.05, 3.63) is 101 Å². The molecule has 0 spiro atoms. The fourth-order valence-corrected chi connectivity index (χ4v) is 4.15. The molecular formula is C23H18Cl2Zr. The number of rotatable bonds is 2. The summed E-state index contributed by atoms with van der Waals surface area (Å²) in [6, 6.07) is 24.4. The van der Waals surface area contributed by atoms with E-state index in [1.165, 1.54) is 38.9 Å². The van der Waals surface area contributed by atoms with Crippen molar-refractivity contribution in [2.24, 2.45) is 0 Å². The Bertz CT molecular complexity index is 962. The molecule has 3 heteroatoms. The molecule has 2 aliphatic rings. The third-order valence-electron chi connectivity index (χ3n) is 5.29. The van der Waals surface area contributed by atoms with Crippen LogP contribution in [0.25, 0.3) is 17.2 Å². The zero-order chi connectivity index (χ0) is 17.9. The van der Waals surface area contributed by atoms with Crippen molar-refractivity contribution in [3.63, 3.8) is 0 Å². The van der Waals surface area contributed by atoms with Crippen molar-refractivity contribution in [1.29, 1.82) is 0 Å². The van der Waals surface area contributed by atoms with Crippen molar-refractivity contribution in [1.82, 2.24) is 0 Å². The number of benzene rings is 3. The van der Waals surface area contributed by atoms with Crippen molar-refractivity contribution < 1.29 is 20.8 Å². The van der Waals surface area contributed by atoms with Crippen LogP contribution < -0.4 is 0 Å². The van der Waals surface area contributed by atoms with Gasteiger partial charge in [-0.05, 0) is 51.8 Å². The molecule has 128 valence electrons. The van der Waals surface area contributed by atoms with E-state index in [4.69, 9.17) is 17.0 Å². The van der Waals surface area contributed by atoms with Crippen LogP contribution in [0.2, 0.25) is 0 Å². The van der Waals surface area contributed by atoms with E-state index in [0.29, 0.717) is 5.92 Å². The molecule has 0 N–H and O–H groups in total. The van der Waals surface area contributed by atoms with E-state index in [1.807, 2.05) is 0 Å². The van der Waals surface area contributed by atoms with Crippen LogP contribution in [0.3, 0.4) is 0 Å². The summed E-state index contributed by atoms with van der Waals surface area (Å²) in [6.45, 7) is 0. The molecule has 0 saturated heterocycles. The summed E-state index contributed by atoms with van der Waals surface area (Å²) in [7, 11) is 9.87. The molecule has 0 heterocycles. The van der Waals surface area contributed by atoms with Gasteiger partial charge in [0.15, 0.2) is 0 Å².